The Hall–Kier alpha value is -2.55. The summed E-state index contributed by atoms with van der Waals surface area (Å²) in [7, 11) is 3.12. The second-order valence-electron chi connectivity index (χ2n) is 5.82. The van der Waals surface area contributed by atoms with Crippen LogP contribution >= 0.6 is 11.3 Å². The van der Waals surface area contributed by atoms with E-state index in [1.54, 1.807) is 27.9 Å². The highest BCUT2D eigenvalue weighted by molar-refractivity contribution is 7.17. The average Bonchev–Trinajstić information content (AvgIpc) is 2.91. The summed E-state index contributed by atoms with van der Waals surface area (Å²) in [5.74, 6) is -1.27. The monoisotopic (exact) mass is 364 g/mol. The van der Waals surface area contributed by atoms with Crippen molar-refractivity contribution in [2.75, 3.05) is 13.6 Å². The van der Waals surface area contributed by atoms with Crippen LogP contribution in [0, 0.1) is 20.8 Å². The first-order valence-corrected chi connectivity index (χ1v) is 8.44. The maximum absolute atomic E-state index is 12.5. The second kappa shape index (κ2) is 7.14. The minimum Gasteiger partial charge on any atom is -0.481 e. The number of hydrogen-bond donors (Lipinski definition) is 1. The number of carbonyl (C=O) groups excluding carboxylic acids is 1. The van der Waals surface area contributed by atoms with Crippen LogP contribution in [0.2, 0.25) is 0 Å². The summed E-state index contributed by atoms with van der Waals surface area (Å²) in [5, 5.41) is 13.4. The smallest absolute Gasteiger partial charge is 0.305 e. The Morgan fingerprint density at radius 3 is 2.48 bits per heavy atom. The molecule has 0 saturated heterocycles. The minimum atomic E-state index is -0.965. The largest absolute Gasteiger partial charge is 0.481 e. The first-order valence-electron chi connectivity index (χ1n) is 7.63. The predicted molar refractivity (Wildman–Crippen MR) is 94.0 cm³/mol. The van der Waals surface area contributed by atoms with Crippen LogP contribution in [-0.2, 0) is 11.8 Å². The molecule has 0 spiro atoms. The molecular formula is C16H20N4O4S. The Labute approximate surface area is 148 Å². The zero-order valence-corrected chi connectivity index (χ0v) is 15.6. The van der Waals surface area contributed by atoms with Crippen LogP contribution < -0.4 is 5.56 Å². The fourth-order valence-electron chi connectivity index (χ4n) is 2.34. The third-order valence-corrected chi connectivity index (χ3v) is 5.10. The van der Waals surface area contributed by atoms with Crippen molar-refractivity contribution in [3.8, 4) is 10.6 Å². The maximum atomic E-state index is 12.5. The van der Waals surface area contributed by atoms with Crippen molar-refractivity contribution >= 4 is 23.2 Å². The van der Waals surface area contributed by atoms with Gasteiger partial charge in [-0.3, -0.25) is 14.4 Å². The van der Waals surface area contributed by atoms with E-state index in [1.165, 1.54) is 9.58 Å². The molecule has 2 rings (SSSR count). The summed E-state index contributed by atoms with van der Waals surface area (Å²) in [6.07, 6.45) is -0.129. The lowest BCUT2D eigenvalue weighted by atomic mass is 10.1. The molecule has 134 valence electrons. The maximum Gasteiger partial charge on any atom is 0.305 e. The molecule has 0 saturated carbocycles. The molecule has 9 heteroatoms. The van der Waals surface area contributed by atoms with Crippen LogP contribution in [0.25, 0.3) is 10.6 Å². The summed E-state index contributed by atoms with van der Waals surface area (Å²) < 4.78 is 1.26. The number of aromatic nitrogens is 3. The van der Waals surface area contributed by atoms with Crippen molar-refractivity contribution in [3.05, 3.63) is 32.2 Å². The molecule has 0 unspecified atom stereocenters. The molecule has 0 aliphatic carbocycles. The van der Waals surface area contributed by atoms with Crippen molar-refractivity contribution < 1.29 is 14.7 Å². The van der Waals surface area contributed by atoms with E-state index in [0.717, 1.165) is 22.6 Å². The predicted octanol–water partition coefficient (Wildman–Crippen LogP) is 1.38. The molecule has 0 bridgehead atoms. The third kappa shape index (κ3) is 3.76. The number of thiazole rings is 1. The number of nitrogens with zero attached hydrogens (tertiary/aromatic N) is 4. The number of hydrogen-bond acceptors (Lipinski definition) is 6. The van der Waals surface area contributed by atoms with Gasteiger partial charge in [0.15, 0.2) is 0 Å². The van der Waals surface area contributed by atoms with Gasteiger partial charge >= 0.3 is 5.97 Å². The molecule has 8 nitrogen and oxygen atoms in total. The van der Waals surface area contributed by atoms with Gasteiger partial charge in [0, 0.05) is 20.6 Å². The van der Waals surface area contributed by atoms with Gasteiger partial charge in [0.1, 0.15) is 9.88 Å². The van der Waals surface area contributed by atoms with Crippen molar-refractivity contribution in [1.82, 2.24) is 19.7 Å². The van der Waals surface area contributed by atoms with Gasteiger partial charge in [-0.05, 0) is 26.3 Å². The molecule has 1 amide bonds. The van der Waals surface area contributed by atoms with Gasteiger partial charge in [0.2, 0.25) is 0 Å². The van der Waals surface area contributed by atoms with E-state index in [4.69, 9.17) is 5.11 Å². The number of carboxylic acids is 1. The SMILES string of the molecule is Cc1nc(-c2c(C)c(C)nn(C)c2=O)sc1C(=O)N(C)CCC(=O)O. The van der Waals surface area contributed by atoms with Gasteiger partial charge in [-0.25, -0.2) is 9.67 Å². The summed E-state index contributed by atoms with van der Waals surface area (Å²) in [6, 6.07) is 0. The van der Waals surface area contributed by atoms with E-state index in [9.17, 15) is 14.4 Å². The summed E-state index contributed by atoms with van der Waals surface area (Å²) in [6.45, 7) is 5.42. The van der Waals surface area contributed by atoms with Crippen LogP contribution in [0.4, 0.5) is 0 Å². The number of aliphatic carboxylic acids is 1. The quantitative estimate of drug-likeness (QED) is 0.859. The third-order valence-electron chi connectivity index (χ3n) is 3.94. The van der Waals surface area contributed by atoms with Crippen LogP contribution in [0.3, 0.4) is 0 Å². The summed E-state index contributed by atoms with van der Waals surface area (Å²) >= 11 is 1.14. The standard InChI is InChI=1S/C16H20N4O4S/c1-8-9(2)18-20(5)15(23)12(8)14-17-10(3)13(25-14)16(24)19(4)7-6-11(21)22/h6-7H2,1-5H3,(H,21,22). The number of rotatable bonds is 5. The molecule has 0 radical (unpaired) electrons. The fraction of sp³-hybridized carbons (Fsp3) is 0.438. The van der Waals surface area contributed by atoms with Crippen LogP contribution in [-0.4, -0.2) is 50.2 Å². The highest BCUT2D eigenvalue weighted by Gasteiger charge is 2.23. The number of aryl methyl sites for hydroxylation is 3. The number of carboxylic acid groups (broad SMARTS) is 1. The highest BCUT2D eigenvalue weighted by Crippen LogP contribution is 2.29. The zero-order valence-electron chi connectivity index (χ0n) is 14.8. The molecule has 0 atom stereocenters. The van der Waals surface area contributed by atoms with Gasteiger partial charge < -0.3 is 10.0 Å². The second-order valence-corrected chi connectivity index (χ2v) is 6.82. The lowest BCUT2D eigenvalue weighted by Crippen LogP contribution is -2.28. The summed E-state index contributed by atoms with van der Waals surface area (Å²) in [5.41, 5.74) is 2.14. The van der Waals surface area contributed by atoms with Crippen LogP contribution in [0.15, 0.2) is 4.79 Å². The van der Waals surface area contributed by atoms with Crippen LogP contribution in [0.1, 0.15) is 33.0 Å². The molecule has 25 heavy (non-hydrogen) atoms. The summed E-state index contributed by atoms with van der Waals surface area (Å²) in [4.78, 5) is 41.8. The Bertz CT molecular complexity index is 900. The van der Waals surface area contributed by atoms with Gasteiger partial charge in [0.05, 0.1) is 23.4 Å². The molecule has 0 aromatic carbocycles. The molecule has 0 aliphatic heterocycles. The Morgan fingerprint density at radius 1 is 1.24 bits per heavy atom. The molecule has 0 fully saturated rings. The van der Waals surface area contributed by atoms with E-state index >= 15 is 0 Å². The Morgan fingerprint density at radius 2 is 1.88 bits per heavy atom. The first kappa shape index (κ1) is 18.8. The van der Waals surface area contributed by atoms with Crippen molar-refractivity contribution in [1.29, 1.82) is 0 Å². The van der Waals surface area contributed by atoms with Crippen molar-refractivity contribution in [3.63, 3.8) is 0 Å². The zero-order chi connectivity index (χ0) is 18.9. The molecule has 2 aromatic rings. The average molecular weight is 364 g/mol. The van der Waals surface area contributed by atoms with Gasteiger partial charge in [-0.2, -0.15) is 5.10 Å². The van der Waals surface area contributed by atoms with Gasteiger partial charge in [-0.15, -0.1) is 11.3 Å². The van der Waals surface area contributed by atoms with Gasteiger partial charge in [0.25, 0.3) is 11.5 Å². The minimum absolute atomic E-state index is 0.107. The lowest BCUT2D eigenvalue weighted by Gasteiger charge is -2.14. The molecular weight excluding hydrogens is 344 g/mol. The Balaban J connectivity index is 2.43. The van der Waals surface area contributed by atoms with Crippen molar-refractivity contribution in [2.24, 2.45) is 7.05 Å². The van der Waals surface area contributed by atoms with E-state index in [1.807, 2.05) is 6.92 Å². The Kier molecular flexibility index (Phi) is 5.36. The highest BCUT2D eigenvalue weighted by atomic mass is 32.1. The molecule has 2 aromatic heterocycles. The first-order chi connectivity index (χ1) is 11.6. The molecule has 2 heterocycles. The molecule has 0 aliphatic rings. The molecule has 1 N–H and O–H groups in total. The van der Waals surface area contributed by atoms with Gasteiger partial charge in [-0.1, -0.05) is 0 Å². The normalized spacial score (nSPS) is 10.8. The van der Waals surface area contributed by atoms with E-state index in [2.05, 4.69) is 10.1 Å². The van der Waals surface area contributed by atoms with Crippen LogP contribution in [0.5, 0.6) is 0 Å². The van der Waals surface area contributed by atoms with Crippen molar-refractivity contribution in [2.45, 2.75) is 27.2 Å². The number of amides is 1. The number of carbonyl (C=O) groups is 2. The topological polar surface area (TPSA) is 105 Å². The fourth-order valence-corrected chi connectivity index (χ4v) is 3.50. The van der Waals surface area contributed by atoms with E-state index < -0.39 is 5.97 Å². The van der Waals surface area contributed by atoms with E-state index in [0.29, 0.717) is 21.1 Å². The van der Waals surface area contributed by atoms with E-state index in [-0.39, 0.29) is 24.4 Å². The lowest BCUT2D eigenvalue weighted by molar-refractivity contribution is -0.137.